The van der Waals surface area contributed by atoms with Crippen molar-refractivity contribution in [1.82, 2.24) is 0 Å². The van der Waals surface area contributed by atoms with Crippen LogP contribution in [0.15, 0.2) is 122 Å². The van der Waals surface area contributed by atoms with Crippen molar-refractivity contribution in [3.8, 4) is 137 Å². The molecule has 0 amide bonds. The summed E-state index contributed by atoms with van der Waals surface area (Å²) >= 11 is 0. The summed E-state index contributed by atoms with van der Waals surface area (Å²) in [7, 11) is 29.5. The van der Waals surface area contributed by atoms with Crippen LogP contribution in [-0.2, 0) is 19.3 Å². The highest BCUT2D eigenvalue weighted by atomic mass is 16.5. The van der Waals surface area contributed by atoms with Crippen LogP contribution in [0, 0.1) is 0 Å². The molecule has 0 N–H and O–H groups in total. The molecule has 0 fully saturated rings. The van der Waals surface area contributed by atoms with Crippen LogP contribution in [0.1, 0.15) is 33.4 Å². The van der Waals surface area contributed by atoms with E-state index in [2.05, 4.69) is 36.4 Å². The Morgan fingerprint density at radius 1 is 0.185 bits per heavy atom. The first-order chi connectivity index (χ1) is 52.7. The Bertz CT molecular complexity index is 5460. The van der Waals surface area contributed by atoms with Crippen LogP contribution in [-0.4, -0.2) is 128 Å². The summed E-state index contributed by atoms with van der Waals surface area (Å²) in [6.45, 7) is 0. The van der Waals surface area contributed by atoms with Crippen molar-refractivity contribution in [2.75, 3.05) is 128 Å². The average molecular weight is 1460 g/mol. The van der Waals surface area contributed by atoms with Gasteiger partial charge in [0.15, 0.2) is 120 Å². The molecule has 18 rings (SSSR count). The zero-order chi connectivity index (χ0) is 75.4. The maximum Gasteiger partial charge on any atom is 0.164 e. The second-order valence-corrected chi connectivity index (χ2v) is 26.0. The predicted molar refractivity (Wildman–Crippen MR) is 416 cm³/mol. The van der Waals surface area contributed by atoms with E-state index in [0.717, 1.165) is 118 Å². The van der Waals surface area contributed by atoms with E-state index in [0.29, 0.717) is 102 Å². The van der Waals surface area contributed by atoms with Crippen molar-refractivity contribution in [2.45, 2.75) is 19.3 Å². The molecular weight excluding hydrogens is 1380 g/mol. The summed E-state index contributed by atoms with van der Waals surface area (Å²) in [4.78, 5) is 0. The van der Waals surface area contributed by atoms with Crippen LogP contribution >= 0.6 is 0 Å². The Hall–Kier alpha value is -12.8. The van der Waals surface area contributed by atoms with Gasteiger partial charge in [-0.15, -0.1) is 0 Å². The van der Waals surface area contributed by atoms with Crippen LogP contribution in [0.5, 0.6) is 103 Å². The summed E-state index contributed by atoms with van der Waals surface area (Å²) in [5.41, 5.74) is 19.0. The fourth-order valence-corrected chi connectivity index (χ4v) is 16.3. The van der Waals surface area contributed by atoms with Gasteiger partial charge < -0.3 is 98.5 Å². The first-order valence-electron chi connectivity index (χ1n) is 34.5. The summed E-state index contributed by atoms with van der Waals surface area (Å²) in [6, 6.07) is 35.8. The summed E-state index contributed by atoms with van der Waals surface area (Å²) < 4.78 is 121. The molecule has 15 aromatic rings. The highest BCUT2D eigenvalue weighted by Gasteiger charge is 2.40. The standard InChI is InChI=1S/C33H30O6.C30H24O9.C24H24O6/c1-34-25-10-16-7-22-31(19(16)13-28(25)37-4)23-8-17-11-26(35-2)30(39-6)15-21(17)33(23)24-9-18-12-27(36-3)29(38-5)14-20(18)32(22)24;1-31-19-7-13-16(10-22(19)34-4)37-28-25(13)29-27(14-8-20(32-2)23(35-5)11-17(14)38-29)30-26(28)15-9-21(33-3)24(36-6)12-18(15)39-30;1-25-19-7-13-14(8-20(19)26-2)16-10-22(28-4)24(30-6)12-18(16)17-11-23(29-5)21(27-3)9-15(13)17/h10-15H,7-9H2,1-6H3;7-12H,1-6H3;7-12H,1-6H3. The second kappa shape index (κ2) is 27.3. The summed E-state index contributed by atoms with van der Waals surface area (Å²) in [5, 5.41) is 10.8. The van der Waals surface area contributed by atoms with Crippen LogP contribution in [0.3, 0.4) is 0 Å². The molecule has 0 aliphatic heterocycles. The molecule has 3 heterocycles. The number of hydrogen-bond acceptors (Lipinski definition) is 21. The third-order valence-electron chi connectivity index (χ3n) is 21.3. The Morgan fingerprint density at radius 2 is 0.343 bits per heavy atom. The molecule has 3 aromatic heterocycles. The number of rotatable bonds is 18. The summed E-state index contributed by atoms with van der Waals surface area (Å²) in [6.07, 6.45) is 2.49. The molecule has 0 radical (unpaired) electrons. The third kappa shape index (κ3) is 10.5. The van der Waals surface area contributed by atoms with Crippen molar-refractivity contribution in [2.24, 2.45) is 0 Å². The minimum atomic E-state index is 0.555. The van der Waals surface area contributed by atoms with Crippen molar-refractivity contribution >= 4 is 98.1 Å². The number of methoxy groups -OCH3 is 18. The average Bonchev–Trinajstić information content (AvgIpc) is 1.51. The van der Waals surface area contributed by atoms with Crippen molar-refractivity contribution in [3.05, 3.63) is 143 Å². The normalized spacial score (nSPS) is 12.1. The topological polar surface area (TPSA) is 206 Å². The van der Waals surface area contributed by atoms with E-state index < -0.39 is 0 Å². The Labute approximate surface area is 620 Å². The van der Waals surface area contributed by atoms with Gasteiger partial charge >= 0.3 is 0 Å². The molecule has 552 valence electrons. The molecule has 0 spiro atoms. The van der Waals surface area contributed by atoms with Crippen LogP contribution in [0.2, 0.25) is 0 Å². The molecule has 21 nitrogen and oxygen atoms in total. The van der Waals surface area contributed by atoms with E-state index in [4.69, 9.17) is 98.5 Å². The van der Waals surface area contributed by atoms with Gasteiger partial charge in [0.1, 0.15) is 16.7 Å². The Balaban J connectivity index is 0.000000125. The zero-order valence-corrected chi connectivity index (χ0v) is 63.1. The van der Waals surface area contributed by atoms with E-state index >= 15 is 0 Å². The molecule has 0 bridgehead atoms. The maximum atomic E-state index is 6.52. The van der Waals surface area contributed by atoms with Crippen molar-refractivity contribution in [1.29, 1.82) is 0 Å². The molecule has 3 aliphatic carbocycles. The van der Waals surface area contributed by atoms with Crippen LogP contribution < -0.4 is 85.3 Å². The van der Waals surface area contributed by atoms with Crippen molar-refractivity contribution < 1.29 is 98.5 Å². The molecular formula is C87H78O21. The van der Waals surface area contributed by atoms with Gasteiger partial charge in [-0.05, 0) is 209 Å². The van der Waals surface area contributed by atoms with E-state index in [1.54, 1.807) is 128 Å². The minimum Gasteiger partial charge on any atom is -0.493 e. The van der Waals surface area contributed by atoms with Gasteiger partial charge in [0.25, 0.3) is 0 Å². The number of hydrogen-bond donors (Lipinski definition) is 0. The number of furan rings is 3. The summed E-state index contributed by atoms with van der Waals surface area (Å²) in [5.74, 6) is 11.8. The van der Waals surface area contributed by atoms with Crippen LogP contribution in [0.4, 0.5) is 0 Å². The van der Waals surface area contributed by atoms with Crippen molar-refractivity contribution in [3.63, 3.8) is 0 Å². The molecule has 21 heteroatoms. The first-order valence-corrected chi connectivity index (χ1v) is 34.5. The number of fused-ring (bicyclic) bond motifs is 30. The van der Waals surface area contributed by atoms with E-state index in [1.165, 1.54) is 66.8 Å². The molecule has 0 saturated heterocycles. The van der Waals surface area contributed by atoms with Gasteiger partial charge in [-0.2, -0.15) is 0 Å². The van der Waals surface area contributed by atoms with Gasteiger partial charge in [-0.25, -0.2) is 0 Å². The predicted octanol–water partition coefficient (Wildman–Crippen LogP) is 19.1. The SMILES string of the molecule is COc1cc2c(cc1OC)-c1c(c3c(c4c1Cc1cc(OC)c(OC)cc1-4)Cc1cc(OC)c(OC)cc1-3)C2.COc1cc2c3cc(OC)c(OC)cc3c3cc(OC)c(OC)cc3c2cc1OC.COc1cc2oc3c(c2cc1OC)c1oc2cc(OC)c(OC)cc2c1c1oc2cc(OC)c(OC)cc2c31. The molecule has 0 unspecified atom stereocenters. The highest BCUT2D eigenvalue weighted by molar-refractivity contribution is 6.37. The lowest BCUT2D eigenvalue weighted by molar-refractivity contribution is 0.355. The lowest BCUT2D eigenvalue weighted by Crippen LogP contribution is -1.97. The highest BCUT2D eigenvalue weighted by Crippen LogP contribution is 2.60. The van der Waals surface area contributed by atoms with Gasteiger partial charge in [0.05, 0.1) is 144 Å². The molecule has 0 atom stereocenters. The van der Waals surface area contributed by atoms with Gasteiger partial charge in [-0.3, -0.25) is 0 Å². The van der Waals surface area contributed by atoms with Gasteiger partial charge in [0, 0.05) is 34.4 Å². The lowest BCUT2D eigenvalue weighted by Gasteiger charge is -2.18. The lowest BCUT2D eigenvalue weighted by atomic mass is 9.86. The maximum absolute atomic E-state index is 6.52. The molecule has 3 aliphatic rings. The van der Waals surface area contributed by atoms with Crippen LogP contribution in [0.25, 0.3) is 132 Å². The molecule has 108 heavy (non-hydrogen) atoms. The largest absolute Gasteiger partial charge is 0.493 e. The minimum absolute atomic E-state index is 0.555. The van der Waals surface area contributed by atoms with E-state index in [1.807, 2.05) is 72.8 Å². The fourth-order valence-electron chi connectivity index (χ4n) is 16.3. The van der Waals surface area contributed by atoms with E-state index in [-0.39, 0.29) is 0 Å². The smallest absolute Gasteiger partial charge is 0.164 e. The molecule has 0 saturated carbocycles. The Morgan fingerprint density at radius 3 is 0.528 bits per heavy atom. The van der Waals surface area contributed by atoms with Gasteiger partial charge in [0.2, 0.25) is 0 Å². The first kappa shape index (κ1) is 69.6. The number of ether oxygens (including phenoxy) is 18. The van der Waals surface area contributed by atoms with Gasteiger partial charge in [-0.1, -0.05) is 0 Å². The van der Waals surface area contributed by atoms with E-state index in [9.17, 15) is 0 Å². The monoisotopic (exact) mass is 1460 g/mol. The molecule has 12 aromatic carbocycles. The third-order valence-corrected chi connectivity index (χ3v) is 21.3. The quantitative estimate of drug-likeness (QED) is 0.0732. The second-order valence-electron chi connectivity index (χ2n) is 26.0. The number of benzene rings is 12. The fraction of sp³-hybridized carbons (Fsp3) is 0.241. The Kier molecular flexibility index (Phi) is 17.6. The zero-order valence-electron chi connectivity index (χ0n) is 63.1.